The van der Waals surface area contributed by atoms with Gasteiger partial charge in [0.15, 0.2) is 10.3 Å². The van der Waals surface area contributed by atoms with Gasteiger partial charge in [0.25, 0.3) is 0 Å². The Labute approximate surface area is 141 Å². The SMILES string of the molecule is [Zn].c1ccc2[nH]c(SSc3nc4ccccc4[nH]3)nc2c1. The Balaban J connectivity index is 0.00000132. The Kier molecular flexibility index (Phi) is 4.33. The number of para-hydroxylation sites is 4. The molecule has 0 aliphatic rings. The van der Waals surface area contributed by atoms with E-state index in [4.69, 9.17) is 0 Å². The van der Waals surface area contributed by atoms with Gasteiger partial charge in [0, 0.05) is 19.5 Å². The van der Waals surface area contributed by atoms with Crippen molar-refractivity contribution in [1.82, 2.24) is 19.9 Å². The average molecular weight is 364 g/mol. The van der Waals surface area contributed by atoms with Crippen LogP contribution in [0.3, 0.4) is 0 Å². The van der Waals surface area contributed by atoms with Crippen LogP contribution in [0.4, 0.5) is 0 Å². The Bertz CT molecular complexity index is 747. The number of hydrogen-bond donors (Lipinski definition) is 2. The van der Waals surface area contributed by atoms with Crippen molar-refractivity contribution < 1.29 is 19.5 Å². The van der Waals surface area contributed by atoms with Crippen molar-refractivity contribution in [3.8, 4) is 0 Å². The second-order valence-electron chi connectivity index (χ2n) is 4.28. The summed E-state index contributed by atoms with van der Waals surface area (Å²) in [5, 5.41) is 1.77. The number of aromatic nitrogens is 4. The maximum absolute atomic E-state index is 4.53. The molecule has 2 heterocycles. The number of fused-ring (bicyclic) bond motifs is 2. The van der Waals surface area contributed by atoms with Crippen LogP contribution in [0.2, 0.25) is 0 Å². The molecule has 21 heavy (non-hydrogen) atoms. The van der Waals surface area contributed by atoms with Crippen molar-refractivity contribution in [1.29, 1.82) is 0 Å². The summed E-state index contributed by atoms with van der Waals surface area (Å²) in [6.45, 7) is 0. The van der Waals surface area contributed by atoms with Gasteiger partial charge >= 0.3 is 0 Å². The van der Waals surface area contributed by atoms with Gasteiger partial charge in [-0.15, -0.1) is 0 Å². The third kappa shape index (κ3) is 3.00. The second kappa shape index (κ2) is 6.22. The molecule has 0 saturated heterocycles. The summed E-state index contributed by atoms with van der Waals surface area (Å²) in [5.74, 6) is 0. The van der Waals surface area contributed by atoms with E-state index in [0.717, 1.165) is 32.4 Å². The molecule has 2 aromatic carbocycles. The Morgan fingerprint density at radius 2 is 1.10 bits per heavy atom. The van der Waals surface area contributed by atoms with E-state index >= 15 is 0 Å². The van der Waals surface area contributed by atoms with E-state index in [-0.39, 0.29) is 19.5 Å². The van der Waals surface area contributed by atoms with Gasteiger partial charge in [-0.2, -0.15) is 0 Å². The van der Waals surface area contributed by atoms with Crippen molar-refractivity contribution in [2.45, 2.75) is 10.3 Å². The number of rotatable bonds is 3. The molecule has 4 nitrogen and oxygen atoms in total. The first kappa shape index (κ1) is 14.6. The largest absolute Gasteiger partial charge is 0.332 e. The molecule has 0 amide bonds. The van der Waals surface area contributed by atoms with Crippen molar-refractivity contribution in [3.63, 3.8) is 0 Å². The minimum atomic E-state index is 0. The monoisotopic (exact) mass is 362 g/mol. The number of nitrogens with one attached hydrogen (secondary N) is 2. The third-order valence-electron chi connectivity index (χ3n) is 2.93. The van der Waals surface area contributed by atoms with Crippen molar-refractivity contribution in [2.75, 3.05) is 0 Å². The quantitative estimate of drug-likeness (QED) is 0.422. The number of benzene rings is 2. The van der Waals surface area contributed by atoms with Crippen LogP contribution in [-0.4, -0.2) is 19.9 Å². The van der Waals surface area contributed by atoms with Gasteiger partial charge in [-0.05, 0) is 45.9 Å². The van der Waals surface area contributed by atoms with Gasteiger partial charge in [0.1, 0.15) is 0 Å². The minimum absolute atomic E-state index is 0. The zero-order valence-corrected chi connectivity index (χ0v) is 15.6. The Morgan fingerprint density at radius 1 is 0.667 bits per heavy atom. The van der Waals surface area contributed by atoms with E-state index < -0.39 is 0 Å². The maximum Gasteiger partial charge on any atom is 0.177 e. The topological polar surface area (TPSA) is 57.4 Å². The molecule has 2 N–H and O–H groups in total. The third-order valence-corrected chi connectivity index (χ3v) is 4.92. The Hall–Kier alpha value is -1.30. The van der Waals surface area contributed by atoms with Gasteiger partial charge in [0.2, 0.25) is 0 Å². The zero-order chi connectivity index (χ0) is 13.4. The van der Waals surface area contributed by atoms with Crippen LogP contribution in [0.15, 0.2) is 58.8 Å². The second-order valence-corrected chi connectivity index (χ2v) is 6.39. The van der Waals surface area contributed by atoms with Gasteiger partial charge in [-0.25, -0.2) is 9.97 Å². The number of imidazole rings is 2. The van der Waals surface area contributed by atoms with Crippen LogP contribution >= 0.6 is 21.6 Å². The van der Waals surface area contributed by atoms with Crippen LogP contribution in [0.1, 0.15) is 0 Å². The normalized spacial score (nSPS) is 10.9. The molecule has 0 fully saturated rings. The van der Waals surface area contributed by atoms with Crippen LogP contribution in [0, 0.1) is 0 Å². The molecule has 0 saturated carbocycles. The fourth-order valence-corrected chi connectivity index (χ4v) is 3.70. The zero-order valence-electron chi connectivity index (χ0n) is 11.0. The fourth-order valence-electron chi connectivity index (χ4n) is 2.02. The van der Waals surface area contributed by atoms with Crippen molar-refractivity contribution in [3.05, 3.63) is 48.5 Å². The Morgan fingerprint density at radius 3 is 1.52 bits per heavy atom. The molecule has 0 aliphatic heterocycles. The molecule has 0 radical (unpaired) electrons. The summed E-state index contributed by atoms with van der Waals surface area (Å²) < 4.78 is 0. The smallest absolute Gasteiger partial charge is 0.177 e. The number of aromatic amines is 2. The molecule has 0 spiro atoms. The number of hydrogen-bond acceptors (Lipinski definition) is 4. The van der Waals surface area contributed by atoms with Crippen molar-refractivity contribution in [2.24, 2.45) is 0 Å². The van der Waals surface area contributed by atoms with E-state index in [1.165, 1.54) is 0 Å². The molecule has 100 valence electrons. The van der Waals surface area contributed by atoms with E-state index in [1.807, 2.05) is 48.5 Å². The summed E-state index contributed by atoms with van der Waals surface area (Å²) in [6.07, 6.45) is 0. The van der Waals surface area contributed by atoms with Gasteiger partial charge < -0.3 is 9.97 Å². The minimum Gasteiger partial charge on any atom is -0.332 e. The van der Waals surface area contributed by atoms with E-state index in [2.05, 4.69) is 19.9 Å². The van der Waals surface area contributed by atoms with Gasteiger partial charge in [-0.3, -0.25) is 0 Å². The molecule has 0 bridgehead atoms. The molecule has 0 aliphatic carbocycles. The van der Waals surface area contributed by atoms with Crippen LogP contribution < -0.4 is 0 Å². The molecular weight excluding hydrogens is 354 g/mol. The van der Waals surface area contributed by atoms with E-state index in [1.54, 1.807) is 21.6 Å². The van der Waals surface area contributed by atoms with Crippen LogP contribution in [0.25, 0.3) is 22.1 Å². The van der Waals surface area contributed by atoms with E-state index in [9.17, 15) is 0 Å². The summed E-state index contributed by atoms with van der Waals surface area (Å²) >= 11 is 0. The maximum atomic E-state index is 4.53. The molecular formula is C14H10N4S2Zn. The predicted molar refractivity (Wildman–Crippen MR) is 83.9 cm³/mol. The molecule has 7 heteroatoms. The summed E-state index contributed by atoms with van der Waals surface area (Å²) in [4.78, 5) is 15.6. The first-order valence-electron chi connectivity index (χ1n) is 6.12. The molecule has 2 aromatic heterocycles. The summed E-state index contributed by atoms with van der Waals surface area (Å²) in [6, 6.07) is 16.0. The summed E-state index contributed by atoms with van der Waals surface area (Å²) in [7, 11) is 3.14. The molecule has 0 atom stereocenters. The average Bonchev–Trinajstić information content (AvgIpc) is 3.07. The number of H-pyrrole nitrogens is 2. The standard InChI is InChI=1S/C14H10N4S2.Zn/c1-2-6-10-9(5-1)15-13(16-10)19-20-14-17-11-7-3-4-8-12(11)18-14;/h1-8H,(H,15,16)(H,17,18);. The first-order valence-corrected chi connectivity index (χ1v) is 8.27. The molecule has 0 unspecified atom stereocenters. The van der Waals surface area contributed by atoms with E-state index in [0.29, 0.717) is 0 Å². The van der Waals surface area contributed by atoms with Crippen LogP contribution in [0.5, 0.6) is 0 Å². The first-order chi connectivity index (χ1) is 9.88. The predicted octanol–water partition coefficient (Wildman–Crippen LogP) is 4.24. The summed E-state index contributed by atoms with van der Waals surface area (Å²) in [5.41, 5.74) is 4.08. The fraction of sp³-hybridized carbons (Fsp3) is 0. The number of nitrogens with zero attached hydrogens (tertiary/aromatic N) is 2. The van der Waals surface area contributed by atoms with Gasteiger partial charge in [-0.1, -0.05) is 24.3 Å². The molecule has 4 aromatic rings. The van der Waals surface area contributed by atoms with Gasteiger partial charge in [0.05, 0.1) is 22.1 Å². The van der Waals surface area contributed by atoms with Crippen LogP contribution in [-0.2, 0) is 19.5 Å². The molecule has 4 rings (SSSR count). The van der Waals surface area contributed by atoms with Crippen molar-refractivity contribution >= 4 is 43.7 Å².